The lowest BCUT2D eigenvalue weighted by Crippen LogP contribution is -2.49. The monoisotopic (exact) mass is 874 g/mol. The summed E-state index contributed by atoms with van der Waals surface area (Å²) in [4.78, 5) is 32.8. The Balaban J connectivity index is 1.52. The number of nitroso groups, excluding NO2 is 1. The van der Waals surface area contributed by atoms with E-state index in [9.17, 15) is 60.8 Å². The van der Waals surface area contributed by atoms with E-state index in [0.29, 0.717) is 73.8 Å². The lowest BCUT2D eigenvalue weighted by molar-refractivity contribution is -0.574. The van der Waals surface area contributed by atoms with Crippen molar-refractivity contribution in [3.05, 3.63) is 98.4 Å². The number of aliphatic hydroxyl groups excluding tert-OH is 10. The number of hydrogen-bond donors (Lipinski definition) is 13. The Labute approximate surface area is 360 Å². The molecule has 8 atom stereocenters. The number of nitrogens with zero attached hydrogens (tertiary/aromatic N) is 4. The van der Waals surface area contributed by atoms with E-state index >= 15 is 0 Å². The van der Waals surface area contributed by atoms with E-state index in [4.69, 9.17) is 10.2 Å². The minimum Gasteiger partial charge on any atom is -0.507 e. The van der Waals surface area contributed by atoms with Gasteiger partial charge < -0.3 is 66.6 Å². The van der Waals surface area contributed by atoms with E-state index < -0.39 is 81.0 Å². The average molecular weight is 875 g/mol. The third kappa shape index (κ3) is 14.4. The number of aliphatic hydroxyl groups is 10. The van der Waals surface area contributed by atoms with Crippen LogP contribution in [0.25, 0.3) is 0 Å². The SMILES string of the molecule is Cc1cc(CN2CCN(Cc3ccccc3)CCN(Cc3cc(C)cc(C(=O)NCC(O)C(O)C(O)C(O)CO)c3O)CC2)c(O)c(C[N+](=O)CC(O)C(O)C(O)C(O)CO)c1. The molecule has 13 N–H and O–H groups in total. The highest BCUT2D eigenvalue weighted by atomic mass is 16.4. The molecule has 62 heavy (non-hydrogen) atoms. The van der Waals surface area contributed by atoms with Gasteiger partial charge in [-0.2, -0.15) is 0 Å². The maximum atomic E-state index is 13.3. The van der Waals surface area contributed by atoms with Crippen molar-refractivity contribution in [1.29, 1.82) is 0 Å². The summed E-state index contributed by atoms with van der Waals surface area (Å²) in [5, 5.41) is 124. The van der Waals surface area contributed by atoms with Crippen LogP contribution in [0.15, 0.2) is 54.6 Å². The van der Waals surface area contributed by atoms with Crippen LogP contribution >= 0.6 is 0 Å². The molecule has 0 saturated carbocycles. The number of carbonyl (C=O) groups is 1. The van der Waals surface area contributed by atoms with Crippen LogP contribution in [0.1, 0.15) is 43.7 Å². The number of nitrogens with one attached hydrogen (secondary N) is 1. The molecule has 1 fully saturated rings. The first kappa shape index (κ1) is 50.5. The van der Waals surface area contributed by atoms with Gasteiger partial charge in [0, 0.05) is 86.2 Å². The van der Waals surface area contributed by atoms with Crippen LogP contribution in [0.5, 0.6) is 11.5 Å². The van der Waals surface area contributed by atoms with E-state index in [0.717, 1.165) is 11.1 Å². The Morgan fingerprint density at radius 1 is 0.613 bits per heavy atom. The third-order valence-electron chi connectivity index (χ3n) is 11.1. The van der Waals surface area contributed by atoms with Crippen LogP contribution in [0.2, 0.25) is 0 Å². The van der Waals surface area contributed by atoms with Crippen LogP contribution < -0.4 is 5.32 Å². The highest BCUT2D eigenvalue weighted by molar-refractivity contribution is 5.97. The summed E-state index contributed by atoms with van der Waals surface area (Å²) >= 11 is 0. The number of phenols is 2. The molecule has 0 spiro atoms. The molecule has 0 aromatic heterocycles. The van der Waals surface area contributed by atoms with E-state index in [2.05, 4.69) is 20.0 Å². The summed E-state index contributed by atoms with van der Waals surface area (Å²) in [6.45, 7) is 5.13. The molecule has 8 unspecified atom stereocenters. The van der Waals surface area contributed by atoms with Crippen molar-refractivity contribution < 1.29 is 70.8 Å². The summed E-state index contributed by atoms with van der Waals surface area (Å²) in [7, 11) is 0. The molecule has 4 rings (SSSR count). The van der Waals surface area contributed by atoms with Crippen molar-refractivity contribution in [1.82, 2.24) is 20.0 Å². The molecule has 3 aromatic carbocycles. The summed E-state index contributed by atoms with van der Waals surface area (Å²) < 4.78 is 0.422. The number of hydrogen-bond acceptors (Lipinski definition) is 17. The van der Waals surface area contributed by atoms with Gasteiger partial charge >= 0.3 is 0 Å². The molecule has 1 aliphatic heterocycles. The number of carbonyl (C=O) groups excluding carboxylic acids is 1. The zero-order valence-electron chi connectivity index (χ0n) is 35.2. The van der Waals surface area contributed by atoms with Gasteiger partial charge in [-0.25, -0.2) is 0 Å². The van der Waals surface area contributed by atoms with E-state index in [1.54, 1.807) is 19.1 Å². The van der Waals surface area contributed by atoms with Crippen LogP contribution in [0.3, 0.4) is 0 Å². The van der Waals surface area contributed by atoms with Crippen LogP contribution in [-0.2, 0) is 26.2 Å². The fourth-order valence-electron chi connectivity index (χ4n) is 7.42. The van der Waals surface area contributed by atoms with Gasteiger partial charge in [0.05, 0.1) is 30.4 Å². The molecular formula is C43H64N5O14+. The van der Waals surface area contributed by atoms with Gasteiger partial charge in [0.25, 0.3) is 5.91 Å². The molecular weight excluding hydrogens is 810 g/mol. The van der Waals surface area contributed by atoms with E-state index in [-0.39, 0.29) is 35.7 Å². The predicted octanol–water partition coefficient (Wildman–Crippen LogP) is -2.58. The number of phenolic OH excluding ortho intramolecular Hbond substituents is 2. The molecule has 1 saturated heterocycles. The van der Waals surface area contributed by atoms with Gasteiger partial charge in [0.2, 0.25) is 13.1 Å². The Kier molecular flexibility index (Phi) is 19.6. The summed E-state index contributed by atoms with van der Waals surface area (Å²) in [5.74, 6) is -1.14. The maximum Gasteiger partial charge on any atom is 0.255 e. The lowest BCUT2D eigenvalue weighted by Gasteiger charge is -2.27. The van der Waals surface area contributed by atoms with Gasteiger partial charge in [-0.1, -0.05) is 48.0 Å². The first-order chi connectivity index (χ1) is 29.4. The second kappa shape index (κ2) is 24.0. The summed E-state index contributed by atoms with van der Waals surface area (Å²) in [6, 6.07) is 16.7. The van der Waals surface area contributed by atoms with Crippen molar-refractivity contribution >= 4 is 5.91 Å². The Bertz CT molecular complexity index is 1890. The van der Waals surface area contributed by atoms with Gasteiger partial charge in [-0.3, -0.25) is 19.5 Å². The van der Waals surface area contributed by atoms with Crippen LogP contribution in [0, 0.1) is 18.8 Å². The normalized spacial score (nSPS) is 18.6. The minimum atomic E-state index is -1.91. The predicted molar refractivity (Wildman–Crippen MR) is 225 cm³/mol. The van der Waals surface area contributed by atoms with E-state index in [1.165, 1.54) is 6.07 Å². The molecule has 19 heteroatoms. The van der Waals surface area contributed by atoms with Crippen LogP contribution in [-0.4, -0.2) is 201 Å². The first-order valence-corrected chi connectivity index (χ1v) is 20.6. The Morgan fingerprint density at radius 3 is 1.56 bits per heavy atom. The number of rotatable bonds is 21. The fourth-order valence-corrected chi connectivity index (χ4v) is 7.42. The number of amides is 1. The van der Waals surface area contributed by atoms with Gasteiger partial charge in [-0.05, 0) is 37.1 Å². The second-order valence-corrected chi connectivity index (χ2v) is 16.2. The van der Waals surface area contributed by atoms with Gasteiger partial charge in [0.15, 0.2) is 0 Å². The van der Waals surface area contributed by atoms with Gasteiger partial charge in [-0.15, -0.1) is 0 Å². The van der Waals surface area contributed by atoms with Crippen molar-refractivity contribution in [3.63, 3.8) is 0 Å². The summed E-state index contributed by atoms with van der Waals surface area (Å²) in [5.41, 5.74) is 3.79. The maximum absolute atomic E-state index is 13.3. The number of benzene rings is 3. The van der Waals surface area contributed by atoms with Crippen molar-refractivity contribution in [2.24, 2.45) is 0 Å². The molecule has 1 aliphatic rings. The fraction of sp³-hybridized carbons (Fsp3) is 0.558. The van der Waals surface area contributed by atoms with Crippen molar-refractivity contribution in [2.75, 3.05) is 65.6 Å². The molecule has 19 nitrogen and oxygen atoms in total. The smallest absolute Gasteiger partial charge is 0.255 e. The zero-order chi connectivity index (χ0) is 45.7. The molecule has 0 aliphatic carbocycles. The van der Waals surface area contributed by atoms with Gasteiger partial charge in [0.1, 0.15) is 54.2 Å². The van der Waals surface area contributed by atoms with Crippen LogP contribution in [0.4, 0.5) is 0 Å². The number of aromatic hydroxyl groups is 2. The highest BCUT2D eigenvalue weighted by Crippen LogP contribution is 2.29. The summed E-state index contributed by atoms with van der Waals surface area (Å²) in [6.07, 6.45) is -14.4. The first-order valence-electron chi connectivity index (χ1n) is 20.6. The molecule has 344 valence electrons. The molecule has 1 heterocycles. The standard InChI is InChI=1S/C43H63N5O14/c1-26-14-29(37(55)31(15-26)22-48(62)23-34(52)40(58)42(60)36(54)25-50)20-46-10-8-45(19-28-6-4-3-5-7-28)9-11-47(13-12-46)21-30-16-27(2)17-32(38(30)56)43(61)44-18-33(51)39(57)41(59)35(53)24-49/h3-7,14-17,33-36,39-42,49-54,57-60H,8-13,18-25H2,1-2H3,(H2-,44,55,56,61)/p+1. The lowest BCUT2D eigenvalue weighted by atomic mass is 10.0. The van der Waals surface area contributed by atoms with Crippen molar-refractivity contribution in [2.45, 2.75) is 88.9 Å². The Morgan fingerprint density at radius 2 is 1.05 bits per heavy atom. The molecule has 0 bridgehead atoms. The quantitative estimate of drug-likeness (QED) is 0.0489. The average Bonchev–Trinajstić information content (AvgIpc) is 3.34. The van der Waals surface area contributed by atoms with Crippen molar-refractivity contribution in [3.8, 4) is 11.5 Å². The topological polar surface area (TPSA) is 302 Å². The Hall–Kier alpha value is -4.19. The molecule has 3 aromatic rings. The molecule has 0 radical (unpaired) electrons. The minimum absolute atomic E-state index is 0.0691. The molecule has 1 amide bonds. The van der Waals surface area contributed by atoms with E-state index in [1.807, 2.05) is 43.3 Å². The highest BCUT2D eigenvalue weighted by Gasteiger charge is 2.34. The third-order valence-corrected chi connectivity index (χ3v) is 11.1. The zero-order valence-corrected chi connectivity index (χ0v) is 35.2. The largest absolute Gasteiger partial charge is 0.507 e. The number of aryl methyl sites for hydroxylation is 2. The second-order valence-electron chi connectivity index (χ2n) is 16.2.